The monoisotopic (exact) mass is 206 g/mol. The molecular weight excluding hydrogens is 184 g/mol. The summed E-state index contributed by atoms with van der Waals surface area (Å²) in [4.78, 5) is 0. The van der Waals surface area contributed by atoms with E-state index >= 15 is 0 Å². The summed E-state index contributed by atoms with van der Waals surface area (Å²) in [6, 6.07) is 0. The second-order valence-electron chi connectivity index (χ2n) is 5.87. The fraction of sp³-hybridized carbons (Fsp3) is 0.857. The molecule has 1 nitrogen and oxygen atoms in total. The highest BCUT2D eigenvalue weighted by molar-refractivity contribution is 5.31. The van der Waals surface area contributed by atoms with E-state index in [4.69, 9.17) is 4.74 Å². The van der Waals surface area contributed by atoms with Gasteiger partial charge in [-0.1, -0.05) is 25.3 Å². The van der Waals surface area contributed by atoms with Crippen LogP contribution in [0.25, 0.3) is 0 Å². The molecule has 1 saturated heterocycles. The lowest BCUT2D eigenvalue weighted by Crippen LogP contribution is -2.23. The lowest BCUT2D eigenvalue weighted by atomic mass is 9.82. The predicted octanol–water partition coefficient (Wildman–Crippen LogP) is 3.84. The van der Waals surface area contributed by atoms with E-state index < -0.39 is 0 Å². The maximum Gasteiger partial charge on any atom is 0.0845 e. The zero-order valence-electron chi connectivity index (χ0n) is 9.85. The standard InChI is InChI=1S/C14H22O/c1-14-8-9-15-13(14)12-7-5-3-2-4-6-11(12)10-14/h13H,2-10H2,1H3/t13?,14-/m0/s1. The molecule has 0 aromatic rings. The van der Waals surface area contributed by atoms with Crippen molar-refractivity contribution in [3.8, 4) is 0 Å². The fourth-order valence-electron chi connectivity index (χ4n) is 3.80. The van der Waals surface area contributed by atoms with Gasteiger partial charge in [0.1, 0.15) is 0 Å². The number of fused-ring (bicyclic) bond motifs is 2. The van der Waals surface area contributed by atoms with Gasteiger partial charge in [0.05, 0.1) is 6.10 Å². The summed E-state index contributed by atoms with van der Waals surface area (Å²) in [7, 11) is 0. The van der Waals surface area contributed by atoms with Crippen LogP contribution in [-0.2, 0) is 4.74 Å². The molecule has 84 valence electrons. The molecule has 0 N–H and O–H groups in total. The first-order valence-electron chi connectivity index (χ1n) is 6.62. The summed E-state index contributed by atoms with van der Waals surface area (Å²) in [6.07, 6.45) is 11.5. The summed E-state index contributed by atoms with van der Waals surface area (Å²) >= 11 is 0. The Balaban J connectivity index is 1.87. The molecule has 1 heteroatoms. The predicted molar refractivity (Wildman–Crippen MR) is 61.8 cm³/mol. The smallest absolute Gasteiger partial charge is 0.0845 e. The highest BCUT2D eigenvalue weighted by Crippen LogP contribution is 2.52. The summed E-state index contributed by atoms with van der Waals surface area (Å²) < 4.78 is 5.99. The van der Waals surface area contributed by atoms with Gasteiger partial charge in [0, 0.05) is 12.0 Å². The van der Waals surface area contributed by atoms with Crippen LogP contribution in [0.4, 0.5) is 0 Å². The Bertz CT molecular complexity index is 292. The summed E-state index contributed by atoms with van der Waals surface area (Å²) in [5.41, 5.74) is 3.98. The van der Waals surface area contributed by atoms with Crippen LogP contribution >= 0.6 is 0 Å². The van der Waals surface area contributed by atoms with E-state index in [1.54, 1.807) is 11.1 Å². The van der Waals surface area contributed by atoms with Crippen LogP contribution in [0.5, 0.6) is 0 Å². The highest BCUT2D eigenvalue weighted by Gasteiger charge is 2.47. The Hall–Kier alpha value is -0.300. The summed E-state index contributed by atoms with van der Waals surface area (Å²) in [5.74, 6) is 0. The Kier molecular flexibility index (Phi) is 2.39. The molecule has 3 rings (SSSR count). The molecule has 0 spiro atoms. The van der Waals surface area contributed by atoms with Gasteiger partial charge in [-0.25, -0.2) is 0 Å². The van der Waals surface area contributed by atoms with Gasteiger partial charge in [0.15, 0.2) is 0 Å². The van der Waals surface area contributed by atoms with E-state index in [1.807, 2.05) is 0 Å². The molecule has 0 saturated carbocycles. The van der Waals surface area contributed by atoms with Crippen molar-refractivity contribution in [2.45, 2.75) is 64.4 Å². The normalized spacial score (nSPS) is 41.0. The van der Waals surface area contributed by atoms with Gasteiger partial charge in [-0.15, -0.1) is 0 Å². The Morgan fingerprint density at radius 2 is 1.93 bits per heavy atom. The minimum atomic E-state index is 0.481. The quantitative estimate of drug-likeness (QED) is 0.547. The van der Waals surface area contributed by atoms with Crippen LogP contribution in [0.15, 0.2) is 11.1 Å². The van der Waals surface area contributed by atoms with E-state index in [1.165, 1.54) is 51.4 Å². The van der Waals surface area contributed by atoms with Crippen molar-refractivity contribution in [2.24, 2.45) is 5.41 Å². The number of hydrogen-bond donors (Lipinski definition) is 0. The Labute approximate surface area is 92.9 Å². The molecule has 1 aliphatic heterocycles. The molecule has 1 fully saturated rings. The summed E-state index contributed by atoms with van der Waals surface area (Å²) in [6.45, 7) is 3.44. The SMILES string of the molecule is C[C@@]12CCOC1C1=C(CCCCCC1)C2. The molecular formula is C14H22O. The third-order valence-corrected chi connectivity index (χ3v) is 4.65. The minimum Gasteiger partial charge on any atom is -0.373 e. The number of ether oxygens (including phenoxy) is 1. The Morgan fingerprint density at radius 1 is 1.13 bits per heavy atom. The molecule has 0 amide bonds. The molecule has 0 radical (unpaired) electrons. The molecule has 1 unspecified atom stereocenters. The van der Waals surface area contributed by atoms with Gasteiger partial charge in [-0.2, -0.15) is 0 Å². The molecule has 2 aliphatic carbocycles. The van der Waals surface area contributed by atoms with E-state index in [0.29, 0.717) is 11.5 Å². The first-order chi connectivity index (χ1) is 7.30. The van der Waals surface area contributed by atoms with Gasteiger partial charge >= 0.3 is 0 Å². The first-order valence-corrected chi connectivity index (χ1v) is 6.62. The molecule has 0 aromatic heterocycles. The second-order valence-corrected chi connectivity index (χ2v) is 5.87. The molecule has 0 bridgehead atoms. The highest BCUT2D eigenvalue weighted by atomic mass is 16.5. The van der Waals surface area contributed by atoms with Crippen LogP contribution in [0.3, 0.4) is 0 Å². The van der Waals surface area contributed by atoms with Crippen molar-refractivity contribution in [1.29, 1.82) is 0 Å². The van der Waals surface area contributed by atoms with Crippen molar-refractivity contribution in [3.63, 3.8) is 0 Å². The van der Waals surface area contributed by atoms with Crippen LogP contribution in [0.2, 0.25) is 0 Å². The third kappa shape index (κ3) is 1.56. The lowest BCUT2D eigenvalue weighted by molar-refractivity contribution is 0.0944. The van der Waals surface area contributed by atoms with Crippen molar-refractivity contribution in [1.82, 2.24) is 0 Å². The summed E-state index contributed by atoms with van der Waals surface area (Å²) in [5, 5.41) is 0. The van der Waals surface area contributed by atoms with Crippen LogP contribution in [0, 0.1) is 5.41 Å². The third-order valence-electron chi connectivity index (χ3n) is 4.65. The molecule has 1 heterocycles. The van der Waals surface area contributed by atoms with Gasteiger partial charge in [0.25, 0.3) is 0 Å². The van der Waals surface area contributed by atoms with Gasteiger partial charge in [0.2, 0.25) is 0 Å². The van der Waals surface area contributed by atoms with Crippen LogP contribution in [-0.4, -0.2) is 12.7 Å². The van der Waals surface area contributed by atoms with Crippen molar-refractivity contribution in [3.05, 3.63) is 11.1 Å². The maximum absolute atomic E-state index is 5.99. The maximum atomic E-state index is 5.99. The first kappa shape index (κ1) is 9.89. The average Bonchev–Trinajstić information content (AvgIpc) is 2.62. The number of allylic oxidation sites excluding steroid dienone is 1. The van der Waals surface area contributed by atoms with Crippen molar-refractivity contribution < 1.29 is 4.74 Å². The Morgan fingerprint density at radius 3 is 2.80 bits per heavy atom. The lowest BCUT2D eigenvalue weighted by Gasteiger charge is -2.24. The zero-order chi connectivity index (χ0) is 10.3. The van der Waals surface area contributed by atoms with Crippen LogP contribution in [0.1, 0.15) is 58.3 Å². The number of hydrogen-bond acceptors (Lipinski definition) is 1. The van der Waals surface area contributed by atoms with Gasteiger partial charge in [-0.3, -0.25) is 0 Å². The van der Waals surface area contributed by atoms with E-state index in [-0.39, 0.29) is 0 Å². The van der Waals surface area contributed by atoms with Crippen molar-refractivity contribution >= 4 is 0 Å². The van der Waals surface area contributed by atoms with Crippen molar-refractivity contribution in [2.75, 3.05) is 6.61 Å². The van der Waals surface area contributed by atoms with E-state index in [2.05, 4.69) is 6.92 Å². The molecule has 3 aliphatic rings. The van der Waals surface area contributed by atoms with E-state index in [0.717, 1.165) is 6.61 Å². The topological polar surface area (TPSA) is 9.23 Å². The fourth-order valence-corrected chi connectivity index (χ4v) is 3.80. The number of rotatable bonds is 0. The molecule has 0 aromatic carbocycles. The second kappa shape index (κ2) is 3.62. The largest absolute Gasteiger partial charge is 0.373 e. The minimum absolute atomic E-state index is 0.481. The van der Waals surface area contributed by atoms with Gasteiger partial charge < -0.3 is 4.74 Å². The average molecular weight is 206 g/mol. The van der Waals surface area contributed by atoms with Crippen LogP contribution < -0.4 is 0 Å². The van der Waals surface area contributed by atoms with E-state index in [9.17, 15) is 0 Å². The molecule has 2 atom stereocenters. The zero-order valence-corrected chi connectivity index (χ0v) is 9.85. The molecule has 15 heavy (non-hydrogen) atoms. The van der Waals surface area contributed by atoms with Gasteiger partial charge in [-0.05, 0) is 44.1 Å².